The Kier molecular flexibility index (Phi) is 3.36. The van der Waals surface area contributed by atoms with Crippen LogP contribution in [0.3, 0.4) is 0 Å². The number of benzene rings is 1. The molecule has 98 valence electrons. The lowest BCUT2D eigenvalue weighted by Gasteiger charge is -2.03. The molecule has 1 aromatic carbocycles. The van der Waals surface area contributed by atoms with E-state index >= 15 is 0 Å². The smallest absolute Gasteiger partial charge is 0.260 e. The van der Waals surface area contributed by atoms with Crippen LogP contribution in [0.25, 0.3) is 0 Å². The van der Waals surface area contributed by atoms with Gasteiger partial charge in [-0.05, 0) is 31.0 Å². The van der Waals surface area contributed by atoms with E-state index in [0.29, 0.717) is 15.5 Å². The van der Waals surface area contributed by atoms with Gasteiger partial charge < -0.3 is 0 Å². The lowest BCUT2D eigenvalue weighted by Crippen LogP contribution is -2.13. The van der Waals surface area contributed by atoms with Gasteiger partial charge in [-0.15, -0.1) is 11.3 Å². The molecular formula is C13H10BrFN2OS. The van der Waals surface area contributed by atoms with Crippen molar-refractivity contribution in [3.8, 4) is 0 Å². The molecule has 0 atom stereocenters. The fourth-order valence-electron chi connectivity index (χ4n) is 1.75. The predicted octanol–water partition coefficient (Wildman–Crippen LogP) is 4.17. The van der Waals surface area contributed by atoms with Crippen molar-refractivity contribution in [2.24, 2.45) is 0 Å². The van der Waals surface area contributed by atoms with Gasteiger partial charge in [0.25, 0.3) is 5.91 Å². The van der Waals surface area contributed by atoms with Crippen molar-refractivity contribution in [1.82, 2.24) is 4.98 Å². The van der Waals surface area contributed by atoms with E-state index in [0.717, 1.165) is 5.69 Å². The van der Waals surface area contributed by atoms with Gasteiger partial charge in [0.15, 0.2) is 5.13 Å². The average Bonchev–Trinajstić information content (AvgIpc) is 3.10. The zero-order chi connectivity index (χ0) is 13.4. The van der Waals surface area contributed by atoms with Gasteiger partial charge in [-0.25, -0.2) is 9.37 Å². The molecule has 0 unspecified atom stereocenters. The summed E-state index contributed by atoms with van der Waals surface area (Å²) in [7, 11) is 0. The minimum Gasteiger partial charge on any atom is -0.298 e. The van der Waals surface area contributed by atoms with Crippen LogP contribution in [-0.4, -0.2) is 10.9 Å². The molecule has 1 aromatic heterocycles. The van der Waals surface area contributed by atoms with Crippen LogP contribution in [0.5, 0.6) is 0 Å². The van der Waals surface area contributed by atoms with Crippen LogP contribution in [0.1, 0.15) is 34.8 Å². The Morgan fingerprint density at radius 2 is 2.26 bits per heavy atom. The maximum absolute atomic E-state index is 13.6. The normalized spacial score (nSPS) is 14.4. The number of hydrogen-bond acceptors (Lipinski definition) is 3. The van der Waals surface area contributed by atoms with Crippen LogP contribution >= 0.6 is 27.3 Å². The van der Waals surface area contributed by atoms with Gasteiger partial charge in [0.2, 0.25) is 0 Å². The monoisotopic (exact) mass is 340 g/mol. The van der Waals surface area contributed by atoms with E-state index in [1.54, 1.807) is 6.07 Å². The zero-order valence-corrected chi connectivity index (χ0v) is 12.2. The highest BCUT2D eigenvalue weighted by atomic mass is 79.9. The quantitative estimate of drug-likeness (QED) is 0.910. The summed E-state index contributed by atoms with van der Waals surface area (Å²) in [5, 5.41) is 5.11. The van der Waals surface area contributed by atoms with Gasteiger partial charge >= 0.3 is 0 Å². The zero-order valence-electron chi connectivity index (χ0n) is 9.82. The molecule has 1 N–H and O–H groups in total. The van der Waals surface area contributed by atoms with E-state index in [9.17, 15) is 9.18 Å². The molecule has 0 spiro atoms. The van der Waals surface area contributed by atoms with E-state index in [2.05, 4.69) is 26.2 Å². The van der Waals surface area contributed by atoms with Crippen molar-refractivity contribution in [3.05, 3.63) is 45.1 Å². The number of halogens is 2. The van der Waals surface area contributed by atoms with Crippen LogP contribution in [0.2, 0.25) is 0 Å². The van der Waals surface area contributed by atoms with Crippen LogP contribution in [-0.2, 0) is 0 Å². The largest absolute Gasteiger partial charge is 0.298 e. The Morgan fingerprint density at radius 3 is 2.95 bits per heavy atom. The molecule has 3 nitrogen and oxygen atoms in total. The first-order valence-corrected chi connectivity index (χ1v) is 7.52. The average molecular weight is 341 g/mol. The number of thiazole rings is 1. The second-order valence-electron chi connectivity index (χ2n) is 4.43. The minimum absolute atomic E-state index is 0.0198. The summed E-state index contributed by atoms with van der Waals surface area (Å²) in [6.07, 6.45) is 2.33. The van der Waals surface area contributed by atoms with E-state index in [1.807, 2.05) is 5.38 Å². The fourth-order valence-corrected chi connectivity index (χ4v) is 2.87. The lowest BCUT2D eigenvalue weighted by molar-refractivity contribution is 0.102. The van der Waals surface area contributed by atoms with Crippen molar-refractivity contribution >= 4 is 38.3 Å². The lowest BCUT2D eigenvalue weighted by atomic mass is 10.2. The van der Waals surface area contributed by atoms with Gasteiger partial charge in [-0.2, -0.15) is 0 Å². The number of aromatic nitrogens is 1. The molecule has 1 fully saturated rings. The number of nitrogens with zero attached hydrogens (tertiary/aromatic N) is 1. The Labute approximate surface area is 122 Å². The van der Waals surface area contributed by atoms with Gasteiger partial charge in [0.05, 0.1) is 11.3 Å². The number of anilines is 1. The molecule has 1 aliphatic rings. The molecule has 1 aliphatic carbocycles. The summed E-state index contributed by atoms with van der Waals surface area (Å²) in [5.74, 6) is -0.473. The van der Waals surface area contributed by atoms with Crippen LogP contribution in [0.4, 0.5) is 9.52 Å². The third-order valence-electron chi connectivity index (χ3n) is 2.91. The highest BCUT2D eigenvalue weighted by Crippen LogP contribution is 2.40. The number of hydrogen-bond donors (Lipinski definition) is 1. The van der Waals surface area contributed by atoms with E-state index in [-0.39, 0.29) is 5.56 Å². The maximum atomic E-state index is 13.6. The Morgan fingerprint density at radius 1 is 1.47 bits per heavy atom. The number of nitrogens with one attached hydrogen (secondary N) is 1. The molecule has 6 heteroatoms. The highest BCUT2D eigenvalue weighted by Gasteiger charge is 2.26. The van der Waals surface area contributed by atoms with Crippen molar-refractivity contribution < 1.29 is 9.18 Å². The van der Waals surface area contributed by atoms with E-state index < -0.39 is 11.7 Å². The van der Waals surface area contributed by atoms with E-state index in [4.69, 9.17) is 0 Å². The van der Waals surface area contributed by atoms with Crippen LogP contribution in [0.15, 0.2) is 28.1 Å². The second kappa shape index (κ2) is 5.02. The highest BCUT2D eigenvalue weighted by molar-refractivity contribution is 9.10. The SMILES string of the molecule is O=C(Nc1nc(C2CC2)cs1)c1ccc(Br)cc1F. The van der Waals surface area contributed by atoms with Gasteiger partial charge in [-0.3, -0.25) is 10.1 Å². The summed E-state index contributed by atoms with van der Waals surface area (Å²) in [6, 6.07) is 4.35. The summed E-state index contributed by atoms with van der Waals surface area (Å²) < 4.78 is 14.2. The number of carbonyl (C=O) groups excluding carboxylic acids is 1. The first kappa shape index (κ1) is 12.7. The molecule has 0 bridgehead atoms. The maximum Gasteiger partial charge on any atom is 0.260 e. The van der Waals surface area contributed by atoms with Crippen molar-refractivity contribution in [2.45, 2.75) is 18.8 Å². The molecule has 0 aliphatic heterocycles. The molecule has 1 amide bonds. The predicted molar refractivity (Wildman–Crippen MR) is 76.1 cm³/mol. The van der Waals surface area contributed by atoms with Crippen molar-refractivity contribution in [3.63, 3.8) is 0 Å². The topological polar surface area (TPSA) is 42.0 Å². The number of carbonyl (C=O) groups is 1. The summed E-state index contributed by atoms with van der Waals surface area (Å²) >= 11 is 4.53. The van der Waals surface area contributed by atoms with Crippen molar-refractivity contribution in [2.75, 3.05) is 5.32 Å². The van der Waals surface area contributed by atoms with Crippen molar-refractivity contribution in [1.29, 1.82) is 0 Å². The minimum atomic E-state index is -0.550. The third-order valence-corrected chi connectivity index (χ3v) is 4.18. The first-order chi connectivity index (χ1) is 9.13. The Hall–Kier alpha value is -1.27. The Balaban J connectivity index is 1.76. The molecule has 0 saturated heterocycles. The second-order valence-corrected chi connectivity index (χ2v) is 6.20. The third kappa shape index (κ3) is 2.84. The molecule has 1 heterocycles. The van der Waals surface area contributed by atoms with Gasteiger partial charge in [0.1, 0.15) is 5.82 Å². The summed E-state index contributed by atoms with van der Waals surface area (Å²) in [5.41, 5.74) is 1.04. The molecular weight excluding hydrogens is 331 g/mol. The molecule has 2 aromatic rings. The van der Waals surface area contributed by atoms with E-state index in [1.165, 1.54) is 36.3 Å². The van der Waals surface area contributed by atoms with Gasteiger partial charge in [-0.1, -0.05) is 15.9 Å². The molecule has 3 rings (SSSR count). The van der Waals surface area contributed by atoms with Crippen LogP contribution < -0.4 is 5.32 Å². The molecule has 0 radical (unpaired) electrons. The standard InChI is InChI=1S/C13H10BrFN2OS/c14-8-3-4-9(10(15)5-8)12(18)17-13-16-11(6-19-13)7-1-2-7/h3-7H,1-2H2,(H,16,17,18). The number of rotatable bonds is 3. The summed E-state index contributed by atoms with van der Waals surface area (Å²) in [6.45, 7) is 0. The first-order valence-electron chi connectivity index (χ1n) is 5.85. The Bertz CT molecular complexity index is 639. The van der Waals surface area contributed by atoms with Gasteiger partial charge in [0, 0.05) is 15.8 Å². The summed E-state index contributed by atoms with van der Waals surface area (Å²) in [4.78, 5) is 16.3. The molecule has 19 heavy (non-hydrogen) atoms. The molecule has 1 saturated carbocycles. The van der Waals surface area contributed by atoms with Crippen LogP contribution in [0, 0.1) is 5.82 Å². The fraction of sp³-hybridized carbons (Fsp3) is 0.231. The number of amides is 1.